The molecule has 0 bridgehead atoms. The number of imidazole rings is 1. The highest BCUT2D eigenvalue weighted by Gasteiger charge is 2.29. The lowest BCUT2D eigenvalue weighted by atomic mass is 9.91. The van der Waals surface area contributed by atoms with Crippen molar-refractivity contribution in [3.8, 4) is 0 Å². The zero-order chi connectivity index (χ0) is 22.8. The first kappa shape index (κ1) is 21.9. The molecule has 1 unspecified atom stereocenters. The van der Waals surface area contributed by atoms with Gasteiger partial charge in [-0.2, -0.15) is 0 Å². The predicted octanol–water partition coefficient (Wildman–Crippen LogP) is 4.15. The Hall–Kier alpha value is -2.93. The topological polar surface area (TPSA) is 70.1 Å². The van der Waals surface area contributed by atoms with Crippen molar-refractivity contribution in [2.45, 2.75) is 50.6 Å². The number of carbonyl (C=O) groups excluding carboxylic acids is 1. The summed E-state index contributed by atoms with van der Waals surface area (Å²) in [6.07, 6.45) is 6.20. The predicted molar refractivity (Wildman–Crippen MR) is 127 cm³/mol. The van der Waals surface area contributed by atoms with Gasteiger partial charge in [-0.25, -0.2) is 9.18 Å². The number of nitrogens with one attached hydrogen (secondary N) is 2. The number of rotatable bonds is 6. The fourth-order valence-corrected chi connectivity index (χ4v) is 5.63. The van der Waals surface area contributed by atoms with Gasteiger partial charge in [0.15, 0.2) is 0 Å². The molecule has 2 aliphatic rings. The van der Waals surface area contributed by atoms with Gasteiger partial charge < -0.3 is 10.3 Å². The van der Waals surface area contributed by atoms with E-state index in [-0.39, 0.29) is 29.5 Å². The highest BCUT2D eigenvalue weighted by Crippen LogP contribution is 2.36. The van der Waals surface area contributed by atoms with Crippen LogP contribution < -0.4 is 11.0 Å². The van der Waals surface area contributed by atoms with Crippen molar-refractivity contribution >= 4 is 16.9 Å². The van der Waals surface area contributed by atoms with Gasteiger partial charge in [0, 0.05) is 19.1 Å². The van der Waals surface area contributed by atoms with Crippen molar-refractivity contribution in [1.82, 2.24) is 19.8 Å². The molecule has 1 saturated heterocycles. The summed E-state index contributed by atoms with van der Waals surface area (Å²) in [4.78, 5) is 30.6. The molecule has 2 fully saturated rings. The molecule has 1 aliphatic carbocycles. The smallest absolute Gasteiger partial charge is 0.326 e. The molecule has 1 aromatic heterocycles. The summed E-state index contributed by atoms with van der Waals surface area (Å²) >= 11 is 0. The van der Waals surface area contributed by atoms with Gasteiger partial charge in [-0.1, -0.05) is 37.1 Å². The molecular formula is C26H31FN4O2. The van der Waals surface area contributed by atoms with Gasteiger partial charge in [-0.3, -0.25) is 14.3 Å². The number of hydrogen-bond donors (Lipinski definition) is 2. The molecule has 6 nitrogen and oxygen atoms in total. The maximum Gasteiger partial charge on any atom is 0.326 e. The number of para-hydroxylation sites is 2. The molecule has 1 aliphatic heterocycles. The lowest BCUT2D eigenvalue weighted by molar-refractivity contribution is -0.123. The number of hydrogen-bond acceptors (Lipinski definition) is 3. The molecule has 33 heavy (non-hydrogen) atoms. The quantitative estimate of drug-likeness (QED) is 0.593. The maximum atomic E-state index is 13.4. The molecule has 3 aromatic rings. The van der Waals surface area contributed by atoms with E-state index in [2.05, 4.69) is 15.2 Å². The van der Waals surface area contributed by atoms with Gasteiger partial charge in [-0.15, -0.1) is 0 Å². The van der Waals surface area contributed by atoms with E-state index in [1.807, 2.05) is 28.8 Å². The minimum Gasteiger partial charge on any atom is -0.348 e. The van der Waals surface area contributed by atoms with Gasteiger partial charge in [0.2, 0.25) is 5.91 Å². The number of aromatic amines is 1. The van der Waals surface area contributed by atoms with E-state index in [0.29, 0.717) is 12.5 Å². The molecule has 7 heteroatoms. The Morgan fingerprint density at radius 1 is 1.03 bits per heavy atom. The number of carbonyl (C=O) groups is 1. The van der Waals surface area contributed by atoms with Crippen LogP contribution in [0.2, 0.25) is 0 Å². The van der Waals surface area contributed by atoms with Crippen molar-refractivity contribution in [1.29, 1.82) is 0 Å². The Morgan fingerprint density at radius 2 is 1.73 bits per heavy atom. The van der Waals surface area contributed by atoms with Crippen molar-refractivity contribution < 1.29 is 9.18 Å². The minimum absolute atomic E-state index is 0.0129. The van der Waals surface area contributed by atoms with E-state index < -0.39 is 0 Å². The number of halogens is 1. The monoisotopic (exact) mass is 450 g/mol. The third kappa shape index (κ3) is 4.74. The number of aromatic nitrogens is 2. The van der Waals surface area contributed by atoms with Crippen LogP contribution in [-0.4, -0.2) is 40.0 Å². The van der Waals surface area contributed by atoms with Crippen LogP contribution in [0.1, 0.15) is 56.2 Å². The third-order valence-electron chi connectivity index (χ3n) is 7.33. The van der Waals surface area contributed by atoms with Crippen LogP contribution in [0.3, 0.4) is 0 Å². The average Bonchev–Trinajstić information content (AvgIpc) is 3.46. The molecule has 1 saturated carbocycles. The summed E-state index contributed by atoms with van der Waals surface area (Å²) in [7, 11) is 0. The minimum atomic E-state index is -0.257. The van der Waals surface area contributed by atoms with E-state index in [1.54, 1.807) is 12.1 Å². The van der Waals surface area contributed by atoms with Crippen LogP contribution in [0.4, 0.5) is 4.39 Å². The second-order valence-corrected chi connectivity index (χ2v) is 9.47. The van der Waals surface area contributed by atoms with Crippen molar-refractivity contribution in [2.75, 3.05) is 19.6 Å². The highest BCUT2D eigenvalue weighted by atomic mass is 19.1. The Labute approximate surface area is 192 Å². The van der Waals surface area contributed by atoms with Crippen LogP contribution in [0.25, 0.3) is 11.0 Å². The van der Waals surface area contributed by atoms with Crippen molar-refractivity contribution in [3.05, 3.63) is 70.4 Å². The first-order chi connectivity index (χ1) is 16.1. The van der Waals surface area contributed by atoms with Crippen LogP contribution in [0.15, 0.2) is 53.3 Å². The number of amides is 1. The molecule has 0 spiro atoms. The van der Waals surface area contributed by atoms with Crippen LogP contribution in [0.5, 0.6) is 0 Å². The zero-order valence-electron chi connectivity index (χ0n) is 18.8. The average molecular weight is 451 g/mol. The summed E-state index contributed by atoms with van der Waals surface area (Å²) in [5, 5.41) is 3.25. The molecule has 174 valence electrons. The summed E-state index contributed by atoms with van der Waals surface area (Å²) < 4.78 is 15.3. The Balaban J connectivity index is 1.21. The third-order valence-corrected chi connectivity index (χ3v) is 7.33. The number of H-pyrrole nitrogens is 1. The number of benzene rings is 2. The Bertz CT molecular complexity index is 1150. The molecule has 1 atom stereocenters. The molecule has 1 amide bonds. The van der Waals surface area contributed by atoms with Crippen LogP contribution in [0, 0.1) is 11.7 Å². The van der Waals surface area contributed by atoms with E-state index >= 15 is 0 Å². The number of likely N-dealkylation sites (tertiary alicyclic amines) is 1. The largest absolute Gasteiger partial charge is 0.348 e. The number of piperidine rings is 1. The maximum absolute atomic E-state index is 13.4. The lowest BCUT2D eigenvalue weighted by Crippen LogP contribution is -2.44. The Kier molecular flexibility index (Phi) is 6.31. The second kappa shape index (κ2) is 9.51. The highest BCUT2D eigenvalue weighted by molar-refractivity contribution is 5.78. The number of fused-ring (bicyclic) bond motifs is 1. The van der Waals surface area contributed by atoms with E-state index in [0.717, 1.165) is 55.4 Å². The standard InChI is InChI=1S/C26H31FN4O2/c27-20-11-9-19(10-12-20)25(18-5-1-2-6-18)29-24(32)17-30-15-13-21(14-16-30)31-23-8-4-3-7-22(23)28-26(31)33/h3-4,7-12,18,21,25H,1-2,5-6,13-17H2,(H,28,33)(H,29,32). The molecule has 2 aromatic carbocycles. The molecule has 2 heterocycles. The van der Waals surface area contributed by atoms with Gasteiger partial charge in [-0.05, 0) is 61.4 Å². The van der Waals surface area contributed by atoms with Crippen LogP contribution in [-0.2, 0) is 4.79 Å². The van der Waals surface area contributed by atoms with Gasteiger partial charge in [0.05, 0.1) is 23.6 Å². The molecule has 0 radical (unpaired) electrons. The summed E-state index contributed by atoms with van der Waals surface area (Å²) in [6.45, 7) is 1.89. The van der Waals surface area contributed by atoms with Crippen molar-refractivity contribution in [3.63, 3.8) is 0 Å². The summed E-state index contributed by atoms with van der Waals surface area (Å²) in [6, 6.07) is 14.4. The van der Waals surface area contributed by atoms with E-state index in [9.17, 15) is 14.0 Å². The summed E-state index contributed by atoms with van der Waals surface area (Å²) in [5.41, 5.74) is 2.72. The molecular weight excluding hydrogens is 419 g/mol. The van der Waals surface area contributed by atoms with Gasteiger partial charge in [0.1, 0.15) is 5.82 Å². The Morgan fingerprint density at radius 3 is 2.45 bits per heavy atom. The van der Waals surface area contributed by atoms with Crippen LogP contribution >= 0.6 is 0 Å². The second-order valence-electron chi connectivity index (χ2n) is 9.47. The van der Waals surface area contributed by atoms with Crippen molar-refractivity contribution in [2.24, 2.45) is 5.92 Å². The summed E-state index contributed by atoms with van der Waals surface area (Å²) in [5.74, 6) is 0.158. The first-order valence-corrected chi connectivity index (χ1v) is 12.0. The normalized spacial score (nSPS) is 19.2. The SMILES string of the molecule is O=C(CN1CCC(n2c(=O)[nH]c3ccccc32)CC1)NC(c1ccc(F)cc1)C1CCCC1. The molecule has 5 rings (SSSR count). The fourth-order valence-electron chi connectivity index (χ4n) is 5.63. The fraction of sp³-hybridized carbons (Fsp3) is 0.462. The van der Waals surface area contributed by atoms with Gasteiger partial charge >= 0.3 is 5.69 Å². The lowest BCUT2D eigenvalue weighted by Gasteiger charge is -2.33. The molecule has 2 N–H and O–H groups in total. The number of nitrogens with zero attached hydrogens (tertiary/aromatic N) is 2. The van der Waals surface area contributed by atoms with Gasteiger partial charge in [0.25, 0.3) is 0 Å². The van der Waals surface area contributed by atoms with E-state index in [4.69, 9.17) is 0 Å². The first-order valence-electron chi connectivity index (χ1n) is 12.0. The van der Waals surface area contributed by atoms with E-state index in [1.165, 1.54) is 25.0 Å². The zero-order valence-corrected chi connectivity index (χ0v) is 18.8.